The van der Waals surface area contributed by atoms with Crippen LogP contribution < -0.4 is 0 Å². The number of furan rings is 1. The summed E-state index contributed by atoms with van der Waals surface area (Å²) in [5.41, 5.74) is 19.7. The summed E-state index contributed by atoms with van der Waals surface area (Å²) >= 11 is 0. The fraction of sp³-hybridized carbons (Fsp3) is 0.115. The molecule has 2 heteroatoms. The number of benzene rings is 9. The summed E-state index contributed by atoms with van der Waals surface area (Å²) in [6.07, 6.45) is 3.19. The van der Waals surface area contributed by atoms with Crippen LogP contribution in [0.4, 0.5) is 0 Å². The molecule has 13 rings (SSSR count). The molecule has 0 atom stereocenters. The fourth-order valence-electron chi connectivity index (χ4n) is 11.5. The molecule has 2 heterocycles. The normalized spacial score (nSPS) is 14.8. The Morgan fingerprint density at radius 1 is 0.524 bits per heavy atom. The molecule has 2 aromatic heterocycles. The van der Waals surface area contributed by atoms with Crippen LogP contribution in [0.25, 0.3) is 94.1 Å². The molecule has 300 valence electrons. The highest BCUT2D eigenvalue weighted by molar-refractivity contribution is 6.13. The Labute approximate surface area is 367 Å². The van der Waals surface area contributed by atoms with E-state index in [1.807, 2.05) is 0 Å². The van der Waals surface area contributed by atoms with Gasteiger partial charge in [-0.2, -0.15) is 0 Å². The molecule has 63 heavy (non-hydrogen) atoms. The maximum atomic E-state index is 6.73. The van der Waals surface area contributed by atoms with Gasteiger partial charge in [-0.1, -0.05) is 173 Å². The van der Waals surface area contributed by atoms with Gasteiger partial charge in [-0.05, 0) is 126 Å². The highest BCUT2D eigenvalue weighted by atomic mass is 16.3. The molecule has 0 spiro atoms. The molecule has 0 unspecified atom stereocenters. The second-order valence-electron chi connectivity index (χ2n) is 18.9. The summed E-state index contributed by atoms with van der Waals surface area (Å²) in [4.78, 5) is 0. The van der Waals surface area contributed by atoms with E-state index in [1.54, 1.807) is 0 Å². The van der Waals surface area contributed by atoms with E-state index in [0.717, 1.165) is 17.6 Å². The van der Waals surface area contributed by atoms with Crippen LogP contribution >= 0.6 is 0 Å². The van der Waals surface area contributed by atoms with E-state index in [4.69, 9.17) is 4.42 Å². The van der Waals surface area contributed by atoms with Gasteiger partial charge in [0, 0.05) is 38.2 Å². The van der Waals surface area contributed by atoms with Gasteiger partial charge in [-0.3, -0.25) is 0 Å². The summed E-state index contributed by atoms with van der Waals surface area (Å²) in [5, 5.41) is 8.71. The average molecular weight is 808 g/mol. The Hall–Kier alpha value is -7.42. The van der Waals surface area contributed by atoms with Crippen molar-refractivity contribution >= 4 is 66.0 Å². The van der Waals surface area contributed by atoms with E-state index < -0.39 is 0 Å². The standard InChI is InChI=1S/C61H45NO/c1-60(2)50-23-13-12-22-46(50)48-36-55-49(35-52(48)60)56-42(18-14-24-54(56)63-55)34-43(41-27-26-38-15-8-9-17-40(38)33-41)31-37-25-29-47-53(32-37)62(44-19-6-5-7-20-44)59-57-45-21-11-10-16-39(45)28-30-51(57)61(3,4)58(47)59/h5-30,32-36H,31H2,1-4H3/b43-34-. The van der Waals surface area contributed by atoms with E-state index in [-0.39, 0.29) is 10.8 Å². The molecular weight excluding hydrogens is 763 g/mol. The molecule has 0 radical (unpaired) electrons. The zero-order chi connectivity index (χ0) is 42.2. The highest BCUT2D eigenvalue weighted by Gasteiger charge is 2.42. The first-order chi connectivity index (χ1) is 30.7. The Bertz CT molecular complexity index is 3760. The lowest BCUT2D eigenvalue weighted by Crippen LogP contribution is -2.14. The van der Waals surface area contributed by atoms with Crippen LogP contribution in [0.1, 0.15) is 66.6 Å². The number of hydrogen-bond donors (Lipinski definition) is 0. The highest BCUT2D eigenvalue weighted by Crippen LogP contribution is 2.56. The first-order valence-corrected chi connectivity index (χ1v) is 22.3. The molecule has 2 aliphatic carbocycles. The largest absolute Gasteiger partial charge is 0.456 e. The van der Waals surface area contributed by atoms with Crippen LogP contribution in [0.3, 0.4) is 0 Å². The number of nitrogens with zero attached hydrogens (tertiary/aromatic N) is 1. The molecule has 0 saturated heterocycles. The minimum absolute atomic E-state index is 0.106. The maximum Gasteiger partial charge on any atom is 0.136 e. The van der Waals surface area contributed by atoms with Crippen LogP contribution in [0, 0.1) is 0 Å². The van der Waals surface area contributed by atoms with Gasteiger partial charge in [0.2, 0.25) is 0 Å². The first kappa shape index (κ1) is 36.3. The predicted molar refractivity (Wildman–Crippen MR) is 265 cm³/mol. The van der Waals surface area contributed by atoms with Gasteiger partial charge in [-0.15, -0.1) is 0 Å². The van der Waals surface area contributed by atoms with Gasteiger partial charge < -0.3 is 8.98 Å². The number of hydrogen-bond acceptors (Lipinski definition) is 1. The molecule has 2 nitrogen and oxygen atoms in total. The van der Waals surface area contributed by atoms with Gasteiger partial charge in [-0.25, -0.2) is 0 Å². The van der Waals surface area contributed by atoms with Crippen LogP contribution in [-0.4, -0.2) is 4.57 Å². The van der Waals surface area contributed by atoms with Crippen molar-refractivity contribution in [3.63, 3.8) is 0 Å². The minimum atomic E-state index is -0.172. The molecule has 0 bridgehead atoms. The Kier molecular flexibility index (Phi) is 7.51. The topological polar surface area (TPSA) is 18.1 Å². The summed E-state index contributed by atoms with van der Waals surface area (Å²) < 4.78 is 9.28. The van der Waals surface area contributed by atoms with Gasteiger partial charge in [0.05, 0.1) is 11.2 Å². The number of para-hydroxylation sites is 1. The summed E-state index contributed by atoms with van der Waals surface area (Å²) in [6, 6.07) is 67.5. The average Bonchev–Trinajstić information content (AvgIpc) is 3.99. The first-order valence-electron chi connectivity index (χ1n) is 22.3. The number of aromatic nitrogens is 1. The third-order valence-corrected chi connectivity index (χ3v) is 14.6. The molecule has 2 aliphatic rings. The van der Waals surface area contributed by atoms with Crippen molar-refractivity contribution in [2.45, 2.75) is 44.9 Å². The lowest BCUT2D eigenvalue weighted by molar-refractivity contribution is 0.658. The molecule has 0 amide bonds. The van der Waals surface area contributed by atoms with Gasteiger partial charge >= 0.3 is 0 Å². The smallest absolute Gasteiger partial charge is 0.136 e. The molecule has 0 aliphatic heterocycles. The van der Waals surface area contributed by atoms with Crippen LogP contribution in [0.2, 0.25) is 0 Å². The second-order valence-corrected chi connectivity index (χ2v) is 18.9. The van der Waals surface area contributed by atoms with Gasteiger partial charge in [0.25, 0.3) is 0 Å². The van der Waals surface area contributed by atoms with Crippen LogP contribution in [-0.2, 0) is 17.3 Å². The summed E-state index contributed by atoms with van der Waals surface area (Å²) in [5.74, 6) is 0. The fourth-order valence-corrected chi connectivity index (χ4v) is 11.5. The molecule has 0 saturated carbocycles. The lowest BCUT2D eigenvalue weighted by atomic mass is 9.81. The minimum Gasteiger partial charge on any atom is -0.456 e. The molecule has 0 fully saturated rings. The molecule has 9 aromatic carbocycles. The van der Waals surface area contributed by atoms with Gasteiger partial charge in [0.1, 0.15) is 11.2 Å². The predicted octanol–water partition coefficient (Wildman–Crippen LogP) is 16.2. The maximum absolute atomic E-state index is 6.73. The molecular formula is C61H45NO. The van der Waals surface area contributed by atoms with Crippen molar-refractivity contribution in [1.82, 2.24) is 4.57 Å². The Morgan fingerprint density at radius 3 is 2.16 bits per heavy atom. The summed E-state index contributed by atoms with van der Waals surface area (Å²) in [7, 11) is 0. The van der Waals surface area contributed by atoms with E-state index >= 15 is 0 Å². The van der Waals surface area contributed by atoms with E-state index in [0.29, 0.717) is 0 Å². The number of allylic oxidation sites excluding steroid dienone is 1. The lowest BCUT2D eigenvalue weighted by Gasteiger charge is -2.22. The van der Waals surface area contributed by atoms with E-state index in [9.17, 15) is 0 Å². The Balaban J connectivity index is 1.02. The van der Waals surface area contributed by atoms with Crippen molar-refractivity contribution in [3.8, 4) is 28.1 Å². The summed E-state index contributed by atoms with van der Waals surface area (Å²) in [6.45, 7) is 9.52. The second kappa shape index (κ2) is 13.0. The van der Waals surface area contributed by atoms with Crippen molar-refractivity contribution < 1.29 is 4.42 Å². The number of fused-ring (bicyclic) bond motifs is 14. The van der Waals surface area contributed by atoms with E-state index in [2.05, 4.69) is 220 Å². The van der Waals surface area contributed by atoms with Crippen LogP contribution in [0.5, 0.6) is 0 Å². The molecule has 11 aromatic rings. The van der Waals surface area contributed by atoms with Crippen molar-refractivity contribution in [2.75, 3.05) is 0 Å². The zero-order valence-electron chi connectivity index (χ0n) is 36.0. The van der Waals surface area contributed by atoms with Crippen LogP contribution in [0.15, 0.2) is 186 Å². The third-order valence-electron chi connectivity index (χ3n) is 14.6. The SMILES string of the molecule is CC1(C)c2ccccc2-c2cc3oc4cccc(/C=C(/Cc5ccc6c7c(n(-c8ccccc8)c6c5)-c5c(ccc6ccccc56)C7(C)C)c5ccc6ccccc6c5)c4c3cc21. The van der Waals surface area contributed by atoms with Gasteiger partial charge in [0.15, 0.2) is 0 Å². The monoisotopic (exact) mass is 807 g/mol. The van der Waals surface area contributed by atoms with Crippen molar-refractivity contribution in [2.24, 2.45) is 0 Å². The molecule has 0 N–H and O–H groups in total. The zero-order valence-corrected chi connectivity index (χ0v) is 36.0. The van der Waals surface area contributed by atoms with Crippen molar-refractivity contribution in [3.05, 3.63) is 221 Å². The van der Waals surface area contributed by atoms with Crippen molar-refractivity contribution in [1.29, 1.82) is 0 Å². The van der Waals surface area contributed by atoms with E-state index in [1.165, 1.54) is 116 Å². The third kappa shape index (κ3) is 5.19. The Morgan fingerprint density at radius 2 is 1.29 bits per heavy atom. The number of rotatable bonds is 5. The quantitative estimate of drug-likeness (QED) is 0.158.